The number of hydrogen-bond donors (Lipinski definition) is 0. The Bertz CT molecular complexity index is 1220. The third-order valence-electron chi connectivity index (χ3n) is 6.23. The van der Waals surface area contributed by atoms with Crippen molar-refractivity contribution < 1.29 is 28.5 Å². The molecule has 0 spiro atoms. The molecule has 0 aliphatic carbocycles. The van der Waals surface area contributed by atoms with Crippen molar-refractivity contribution in [3.63, 3.8) is 0 Å². The molecule has 0 amide bonds. The number of halogens is 2. The van der Waals surface area contributed by atoms with Crippen molar-refractivity contribution in [2.75, 3.05) is 13.2 Å². The molecule has 2 aliphatic rings. The molecule has 2 unspecified atom stereocenters. The highest BCUT2D eigenvalue weighted by atomic mass is 35.5. The Labute approximate surface area is 226 Å². The summed E-state index contributed by atoms with van der Waals surface area (Å²) in [6.45, 7) is 1.35. The normalized spacial score (nSPS) is 19.7. The number of rotatable bonds is 8. The molecule has 2 heterocycles. The van der Waals surface area contributed by atoms with Gasteiger partial charge >= 0.3 is 0 Å². The van der Waals surface area contributed by atoms with E-state index < -0.39 is 6.29 Å². The van der Waals surface area contributed by atoms with Crippen LogP contribution < -0.4 is 14.2 Å². The van der Waals surface area contributed by atoms with E-state index >= 15 is 0 Å². The molecule has 0 saturated carbocycles. The molecule has 0 aromatic heterocycles. The van der Waals surface area contributed by atoms with Crippen molar-refractivity contribution in [2.24, 2.45) is 0 Å². The Morgan fingerprint density at radius 1 is 0.703 bits per heavy atom. The fraction of sp³-hybridized carbons (Fsp3) is 0.345. The second kappa shape index (κ2) is 12.2. The number of ether oxygens (including phenoxy) is 5. The van der Waals surface area contributed by atoms with Crippen molar-refractivity contribution in [1.82, 2.24) is 0 Å². The van der Waals surface area contributed by atoms with Gasteiger partial charge in [0.15, 0.2) is 18.4 Å². The van der Waals surface area contributed by atoms with Crippen LogP contribution in [0, 0.1) is 0 Å². The summed E-state index contributed by atoms with van der Waals surface area (Å²) in [5.74, 6) is 1.86. The first-order valence-corrected chi connectivity index (χ1v) is 13.3. The van der Waals surface area contributed by atoms with Crippen molar-refractivity contribution in [1.29, 1.82) is 0 Å². The van der Waals surface area contributed by atoms with Crippen molar-refractivity contribution in [3.8, 4) is 23.0 Å². The third-order valence-corrected chi connectivity index (χ3v) is 6.79. The van der Waals surface area contributed by atoms with Gasteiger partial charge in [0.1, 0.15) is 23.0 Å². The predicted octanol–water partition coefficient (Wildman–Crippen LogP) is 7.83. The fourth-order valence-corrected chi connectivity index (χ4v) is 4.67. The summed E-state index contributed by atoms with van der Waals surface area (Å²) in [6, 6.07) is 17.2. The molecule has 0 bridgehead atoms. The van der Waals surface area contributed by atoms with Crippen molar-refractivity contribution >= 4 is 29.0 Å². The first kappa shape index (κ1) is 25.9. The molecule has 8 heteroatoms. The van der Waals surface area contributed by atoms with Crippen LogP contribution in [0.3, 0.4) is 0 Å². The highest BCUT2D eigenvalue weighted by Gasteiger charge is 2.23. The highest BCUT2D eigenvalue weighted by Crippen LogP contribution is 2.34. The summed E-state index contributed by atoms with van der Waals surface area (Å²) in [7, 11) is 0. The van der Waals surface area contributed by atoms with Gasteiger partial charge in [-0.05, 0) is 86.3 Å². The van der Waals surface area contributed by atoms with E-state index in [-0.39, 0.29) is 17.6 Å². The zero-order valence-electron chi connectivity index (χ0n) is 20.3. The molecule has 0 N–H and O–H groups in total. The van der Waals surface area contributed by atoms with E-state index in [2.05, 4.69) is 0 Å². The summed E-state index contributed by atoms with van der Waals surface area (Å²) in [6.07, 6.45) is 5.17. The van der Waals surface area contributed by atoms with Gasteiger partial charge < -0.3 is 23.7 Å². The Morgan fingerprint density at radius 3 is 2.03 bits per heavy atom. The Kier molecular flexibility index (Phi) is 8.52. The molecule has 194 valence electrons. The first-order chi connectivity index (χ1) is 18.0. The van der Waals surface area contributed by atoms with Gasteiger partial charge in [-0.25, -0.2) is 0 Å². The van der Waals surface area contributed by atoms with Gasteiger partial charge in [-0.15, -0.1) is 0 Å². The van der Waals surface area contributed by atoms with Gasteiger partial charge in [-0.3, -0.25) is 4.79 Å². The van der Waals surface area contributed by atoms with E-state index in [1.807, 2.05) is 24.3 Å². The quantitative estimate of drug-likeness (QED) is 0.270. The number of carbonyl (C=O) groups excluding carboxylic acids is 1. The zero-order chi connectivity index (χ0) is 25.6. The van der Waals surface area contributed by atoms with Crippen LogP contribution in [0.1, 0.15) is 54.4 Å². The standard InChI is InChI=1S/C29H28Cl2O6/c30-19-7-13-25(31)23(17-19)29(32)24-18-22(12-14-26(24)37-28-6-2-4-16-34-28)35-20-8-10-21(11-9-20)36-27-5-1-3-15-33-27/h7-14,17-18,27-28H,1-6,15-16H2. The van der Waals surface area contributed by atoms with E-state index in [1.54, 1.807) is 36.4 Å². The van der Waals surface area contributed by atoms with Gasteiger partial charge in [-0.1, -0.05) is 23.2 Å². The molecule has 2 aliphatic heterocycles. The highest BCUT2D eigenvalue weighted by molar-refractivity contribution is 6.37. The van der Waals surface area contributed by atoms with Crippen LogP contribution >= 0.6 is 23.2 Å². The average molecular weight is 543 g/mol. The van der Waals surface area contributed by atoms with Crippen LogP contribution in [0.15, 0.2) is 60.7 Å². The zero-order valence-corrected chi connectivity index (χ0v) is 21.8. The monoisotopic (exact) mass is 542 g/mol. The van der Waals surface area contributed by atoms with Gasteiger partial charge in [0.05, 0.1) is 23.8 Å². The maximum absolute atomic E-state index is 13.6. The van der Waals surface area contributed by atoms with Crippen molar-refractivity contribution in [3.05, 3.63) is 81.8 Å². The minimum Gasteiger partial charge on any atom is -0.465 e. The van der Waals surface area contributed by atoms with Gasteiger partial charge in [0, 0.05) is 23.4 Å². The van der Waals surface area contributed by atoms with E-state index in [0.29, 0.717) is 45.2 Å². The lowest BCUT2D eigenvalue weighted by Crippen LogP contribution is -2.25. The van der Waals surface area contributed by atoms with Gasteiger partial charge in [0.2, 0.25) is 0 Å². The Morgan fingerprint density at radius 2 is 1.35 bits per heavy atom. The van der Waals surface area contributed by atoms with Gasteiger partial charge in [-0.2, -0.15) is 0 Å². The third kappa shape index (κ3) is 6.76. The van der Waals surface area contributed by atoms with Crippen LogP contribution in [0.4, 0.5) is 0 Å². The fourth-order valence-electron chi connectivity index (χ4n) is 4.29. The SMILES string of the molecule is O=C(c1cc(Cl)ccc1Cl)c1cc(Oc2ccc(OC3CCCCO3)cc2)ccc1OC1CCCCO1. The summed E-state index contributed by atoms with van der Waals surface area (Å²) >= 11 is 12.5. The van der Waals surface area contributed by atoms with Crippen LogP contribution in [-0.4, -0.2) is 31.6 Å². The van der Waals surface area contributed by atoms with E-state index in [4.69, 9.17) is 46.9 Å². The van der Waals surface area contributed by atoms with Crippen molar-refractivity contribution in [2.45, 2.75) is 51.1 Å². The Hall–Kier alpha value is -2.77. The number of benzene rings is 3. The Balaban J connectivity index is 1.37. The number of carbonyl (C=O) groups is 1. The molecule has 5 rings (SSSR count). The summed E-state index contributed by atoms with van der Waals surface area (Å²) in [4.78, 5) is 13.6. The molecular weight excluding hydrogens is 515 g/mol. The van der Waals surface area contributed by atoms with E-state index in [1.165, 1.54) is 0 Å². The minimum atomic E-state index is -0.414. The molecule has 37 heavy (non-hydrogen) atoms. The maximum Gasteiger partial charge on any atom is 0.199 e. The van der Waals surface area contributed by atoms with Crippen LogP contribution in [-0.2, 0) is 9.47 Å². The number of ketones is 1. The maximum atomic E-state index is 13.6. The molecule has 2 saturated heterocycles. The molecule has 2 fully saturated rings. The van der Waals surface area contributed by atoms with E-state index in [0.717, 1.165) is 45.1 Å². The van der Waals surface area contributed by atoms with Crippen LogP contribution in [0.5, 0.6) is 23.0 Å². The van der Waals surface area contributed by atoms with Gasteiger partial charge in [0.25, 0.3) is 0 Å². The lowest BCUT2D eigenvalue weighted by molar-refractivity contribution is -0.106. The summed E-state index contributed by atoms with van der Waals surface area (Å²) < 4.78 is 29.4. The smallest absolute Gasteiger partial charge is 0.199 e. The van der Waals surface area contributed by atoms with E-state index in [9.17, 15) is 4.79 Å². The molecule has 2 atom stereocenters. The predicted molar refractivity (Wildman–Crippen MR) is 141 cm³/mol. The summed E-state index contributed by atoms with van der Waals surface area (Å²) in [5.41, 5.74) is 0.595. The minimum absolute atomic E-state index is 0.215. The molecule has 0 radical (unpaired) electrons. The second-order valence-corrected chi connectivity index (χ2v) is 9.86. The molecular formula is C29H28Cl2O6. The molecule has 3 aromatic carbocycles. The lowest BCUT2D eigenvalue weighted by Gasteiger charge is -2.24. The number of hydrogen-bond acceptors (Lipinski definition) is 6. The van der Waals surface area contributed by atoms with Crippen LogP contribution in [0.25, 0.3) is 0 Å². The average Bonchev–Trinajstić information content (AvgIpc) is 2.93. The summed E-state index contributed by atoms with van der Waals surface area (Å²) in [5, 5.41) is 0.720. The molecule has 6 nitrogen and oxygen atoms in total. The first-order valence-electron chi connectivity index (χ1n) is 12.5. The second-order valence-electron chi connectivity index (χ2n) is 9.01. The topological polar surface area (TPSA) is 63.2 Å². The molecule has 3 aromatic rings. The lowest BCUT2D eigenvalue weighted by atomic mass is 10.0. The van der Waals surface area contributed by atoms with Crippen LogP contribution in [0.2, 0.25) is 10.0 Å². The largest absolute Gasteiger partial charge is 0.465 e.